The van der Waals surface area contributed by atoms with E-state index in [9.17, 15) is 0 Å². The van der Waals surface area contributed by atoms with Crippen molar-refractivity contribution in [2.75, 3.05) is 0 Å². The lowest BCUT2D eigenvalue weighted by Gasteiger charge is -2.24. The molecule has 1 heterocycles. The molecule has 0 spiro atoms. The van der Waals surface area contributed by atoms with Gasteiger partial charge in [-0.05, 0) is 49.3 Å². The first-order valence-corrected chi connectivity index (χ1v) is 7.84. The zero-order valence-corrected chi connectivity index (χ0v) is 12.2. The van der Waals surface area contributed by atoms with Crippen molar-refractivity contribution in [3.05, 3.63) is 47.5 Å². The zero-order valence-electron chi connectivity index (χ0n) is 12.2. The third kappa shape index (κ3) is 2.44. The smallest absolute Gasteiger partial charge is 0.130 e. The largest absolute Gasteiger partial charge is 0.487 e. The summed E-state index contributed by atoms with van der Waals surface area (Å²) in [7, 11) is 0. The molecule has 2 N–H and O–H groups in total. The summed E-state index contributed by atoms with van der Waals surface area (Å²) in [4.78, 5) is 4.26. The maximum absolute atomic E-state index is 6.21. The number of fused-ring (bicyclic) bond motifs is 1. The van der Waals surface area contributed by atoms with E-state index in [0.717, 1.165) is 30.7 Å². The van der Waals surface area contributed by atoms with Crippen LogP contribution in [0.2, 0.25) is 0 Å². The molecule has 2 aliphatic carbocycles. The number of rotatable bonds is 4. The Morgan fingerprint density at radius 3 is 3.05 bits per heavy atom. The van der Waals surface area contributed by atoms with Crippen LogP contribution >= 0.6 is 0 Å². The highest BCUT2D eigenvalue weighted by Crippen LogP contribution is 2.37. The fraction of sp³-hybridized carbons (Fsp3) is 0.471. The summed E-state index contributed by atoms with van der Waals surface area (Å²) in [5.41, 5.74) is 9.93. The highest BCUT2D eigenvalue weighted by Gasteiger charge is 2.25. The minimum absolute atomic E-state index is 0.161. The van der Waals surface area contributed by atoms with Gasteiger partial charge in [-0.15, -0.1) is 0 Å². The van der Waals surface area contributed by atoms with Gasteiger partial charge < -0.3 is 15.0 Å². The summed E-state index contributed by atoms with van der Waals surface area (Å²) in [6.07, 6.45) is 9.66. The van der Waals surface area contributed by atoms with Gasteiger partial charge in [0, 0.05) is 12.1 Å². The Labute approximate surface area is 124 Å². The van der Waals surface area contributed by atoms with Gasteiger partial charge in [-0.1, -0.05) is 12.1 Å². The fourth-order valence-electron chi connectivity index (χ4n) is 3.26. The molecule has 1 saturated carbocycles. The number of hydrogen-bond donors (Lipinski definition) is 1. The maximum atomic E-state index is 6.21. The molecule has 0 saturated heterocycles. The van der Waals surface area contributed by atoms with Gasteiger partial charge in [0.05, 0.1) is 18.2 Å². The van der Waals surface area contributed by atoms with Crippen LogP contribution in [0.4, 0.5) is 0 Å². The van der Waals surface area contributed by atoms with Gasteiger partial charge in [0.2, 0.25) is 0 Å². The topological polar surface area (TPSA) is 53.1 Å². The average molecular weight is 283 g/mol. The summed E-state index contributed by atoms with van der Waals surface area (Å²) >= 11 is 0. The summed E-state index contributed by atoms with van der Waals surface area (Å²) in [5, 5.41) is 0. The zero-order chi connectivity index (χ0) is 14.2. The fourth-order valence-corrected chi connectivity index (χ4v) is 3.26. The van der Waals surface area contributed by atoms with E-state index in [2.05, 4.69) is 27.8 Å². The van der Waals surface area contributed by atoms with E-state index in [1.807, 2.05) is 12.5 Å². The van der Waals surface area contributed by atoms with Crippen LogP contribution in [-0.4, -0.2) is 9.55 Å². The van der Waals surface area contributed by atoms with Crippen LogP contribution in [0, 0.1) is 0 Å². The van der Waals surface area contributed by atoms with Crippen molar-refractivity contribution in [1.29, 1.82) is 0 Å². The Balaban J connectivity index is 1.55. The number of aromatic nitrogens is 2. The van der Waals surface area contributed by atoms with E-state index in [1.165, 1.54) is 24.0 Å². The Bertz CT molecular complexity index is 645. The third-order valence-electron chi connectivity index (χ3n) is 4.57. The number of benzene rings is 1. The molecule has 4 heteroatoms. The summed E-state index contributed by atoms with van der Waals surface area (Å²) < 4.78 is 8.35. The van der Waals surface area contributed by atoms with Crippen molar-refractivity contribution < 1.29 is 4.74 Å². The molecule has 1 atom stereocenters. The van der Waals surface area contributed by atoms with Gasteiger partial charge in [0.25, 0.3) is 0 Å². The molecule has 0 amide bonds. The molecular weight excluding hydrogens is 262 g/mol. The molecule has 0 aliphatic heterocycles. The highest BCUT2D eigenvalue weighted by molar-refractivity contribution is 5.43. The number of nitrogens with two attached hydrogens (primary N) is 1. The molecule has 4 nitrogen and oxygen atoms in total. The molecule has 2 aromatic rings. The first kappa shape index (κ1) is 12.9. The quantitative estimate of drug-likeness (QED) is 0.938. The summed E-state index contributed by atoms with van der Waals surface area (Å²) in [6.45, 7) is 0.586. The number of nitrogens with zero attached hydrogens (tertiary/aromatic N) is 2. The van der Waals surface area contributed by atoms with Crippen molar-refractivity contribution in [2.24, 2.45) is 5.73 Å². The van der Waals surface area contributed by atoms with E-state index in [0.29, 0.717) is 12.6 Å². The lowest BCUT2D eigenvalue weighted by atomic mass is 9.87. The van der Waals surface area contributed by atoms with Crippen molar-refractivity contribution in [1.82, 2.24) is 9.55 Å². The SMILES string of the molecule is NC1CCCc2c(OCc3cncn3C3CC3)cccc21. The van der Waals surface area contributed by atoms with Crippen LogP contribution in [0.3, 0.4) is 0 Å². The minimum atomic E-state index is 0.161. The van der Waals surface area contributed by atoms with Gasteiger partial charge >= 0.3 is 0 Å². The van der Waals surface area contributed by atoms with Crippen LogP contribution in [0.5, 0.6) is 5.75 Å². The van der Waals surface area contributed by atoms with Crippen LogP contribution in [-0.2, 0) is 13.0 Å². The lowest BCUT2D eigenvalue weighted by molar-refractivity contribution is 0.289. The monoisotopic (exact) mass is 283 g/mol. The molecule has 1 aromatic carbocycles. The van der Waals surface area contributed by atoms with Crippen molar-refractivity contribution in [3.63, 3.8) is 0 Å². The van der Waals surface area contributed by atoms with E-state index in [1.54, 1.807) is 0 Å². The Morgan fingerprint density at radius 1 is 1.29 bits per heavy atom. The van der Waals surface area contributed by atoms with Crippen LogP contribution in [0.15, 0.2) is 30.7 Å². The predicted octanol–water partition coefficient (Wildman–Crippen LogP) is 3.13. The molecule has 1 fully saturated rings. The molecule has 1 unspecified atom stereocenters. The molecular formula is C17H21N3O. The Morgan fingerprint density at radius 2 is 2.19 bits per heavy atom. The first-order chi connectivity index (χ1) is 10.3. The van der Waals surface area contributed by atoms with E-state index < -0.39 is 0 Å². The van der Waals surface area contributed by atoms with Gasteiger partial charge in [-0.2, -0.15) is 0 Å². The van der Waals surface area contributed by atoms with Crippen molar-refractivity contribution in [2.45, 2.75) is 50.8 Å². The molecule has 0 radical (unpaired) electrons. The second kappa shape index (κ2) is 5.19. The van der Waals surface area contributed by atoms with Crippen LogP contribution < -0.4 is 10.5 Å². The second-order valence-electron chi connectivity index (χ2n) is 6.13. The highest BCUT2D eigenvalue weighted by atomic mass is 16.5. The number of hydrogen-bond acceptors (Lipinski definition) is 3. The van der Waals surface area contributed by atoms with Gasteiger partial charge in [-0.3, -0.25) is 0 Å². The standard InChI is InChI=1S/C17H21N3O/c18-16-5-1-4-15-14(16)3-2-6-17(15)21-10-13-9-19-11-20(13)12-7-8-12/h2-3,6,9,11-12,16H,1,4-5,7-8,10,18H2. The normalized spacial score (nSPS) is 21.1. The lowest BCUT2D eigenvalue weighted by Crippen LogP contribution is -2.18. The predicted molar refractivity (Wildman–Crippen MR) is 81.1 cm³/mol. The number of ether oxygens (including phenoxy) is 1. The summed E-state index contributed by atoms with van der Waals surface area (Å²) in [6, 6.07) is 7.06. The molecule has 1 aromatic heterocycles. The molecule has 110 valence electrons. The number of imidazole rings is 1. The maximum Gasteiger partial charge on any atom is 0.130 e. The van der Waals surface area contributed by atoms with Crippen LogP contribution in [0.25, 0.3) is 0 Å². The van der Waals surface area contributed by atoms with Crippen LogP contribution in [0.1, 0.15) is 54.6 Å². The molecule has 4 rings (SSSR count). The third-order valence-corrected chi connectivity index (χ3v) is 4.57. The second-order valence-corrected chi connectivity index (χ2v) is 6.13. The first-order valence-electron chi connectivity index (χ1n) is 7.84. The summed E-state index contributed by atoms with van der Waals surface area (Å²) in [5.74, 6) is 0.992. The Hall–Kier alpha value is -1.81. The molecule has 0 bridgehead atoms. The van der Waals surface area contributed by atoms with Gasteiger partial charge in [0.15, 0.2) is 0 Å². The van der Waals surface area contributed by atoms with E-state index >= 15 is 0 Å². The molecule has 21 heavy (non-hydrogen) atoms. The van der Waals surface area contributed by atoms with E-state index in [4.69, 9.17) is 10.5 Å². The van der Waals surface area contributed by atoms with E-state index in [-0.39, 0.29) is 6.04 Å². The minimum Gasteiger partial charge on any atom is -0.487 e. The van der Waals surface area contributed by atoms with Crippen molar-refractivity contribution >= 4 is 0 Å². The Kier molecular flexibility index (Phi) is 3.19. The average Bonchev–Trinajstić information content (AvgIpc) is 3.24. The molecule has 2 aliphatic rings. The van der Waals surface area contributed by atoms with Gasteiger partial charge in [-0.25, -0.2) is 4.98 Å². The van der Waals surface area contributed by atoms with Crippen molar-refractivity contribution in [3.8, 4) is 5.75 Å². The van der Waals surface area contributed by atoms with Gasteiger partial charge in [0.1, 0.15) is 12.4 Å².